The highest BCUT2D eigenvalue weighted by Crippen LogP contribution is 2.43. The topological polar surface area (TPSA) is 106 Å². The van der Waals surface area contributed by atoms with E-state index in [0.29, 0.717) is 28.6 Å². The fourth-order valence-electron chi connectivity index (χ4n) is 5.31. The van der Waals surface area contributed by atoms with Crippen LogP contribution in [0.25, 0.3) is 33.0 Å². The number of fused-ring (bicyclic) bond motifs is 2. The molecule has 0 amide bonds. The normalized spacial score (nSPS) is 14.6. The summed E-state index contributed by atoms with van der Waals surface area (Å²) in [5.74, 6) is -2.98. The number of carbonyl (C=O) groups is 2. The van der Waals surface area contributed by atoms with Crippen LogP contribution in [-0.4, -0.2) is 31.7 Å². The van der Waals surface area contributed by atoms with Gasteiger partial charge < -0.3 is 20.2 Å². The Bertz CT molecular complexity index is 1800. The molecule has 2 aromatic carbocycles. The highest BCUT2D eigenvalue weighted by atomic mass is 16.3. The van der Waals surface area contributed by atoms with Crippen LogP contribution in [0, 0.1) is 6.92 Å². The van der Waals surface area contributed by atoms with E-state index >= 15 is 0 Å². The number of Topliss-reactive ketones (excluding diaryl/α,β-unsaturated/α-hetero) is 2. The Morgan fingerprint density at radius 2 is 1.67 bits per heavy atom. The van der Waals surface area contributed by atoms with E-state index in [1.54, 1.807) is 12.3 Å². The lowest BCUT2D eigenvalue weighted by molar-refractivity contribution is -0.116. The van der Waals surface area contributed by atoms with Crippen molar-refractivity contribution >= 4 is 44.5 Å². The maximum atomic E-state index is 13.8. The molecule has 4 N–H and O–H groups in total. The van der Waals surface area contributed by atoms with E-state index in [9.17, 15) is 19.8 Å². The van der Waals surface area contributed by atoms with Crippen molar-refractivity contribution in [1.82, 2.24) is 9.97 Å². The molecular formula is C33H32N2O4. The fourth-order valence-corrected chi connectivity index (χ4v) is 5.31. The number of aryl methyl sites for hydroxylation is 1. The van der Waals surface area contributed by atoms with E-state index in [1.807, 2.05) is 71.0 Å². The number of para-hydroxylation sites is 1. The number of aliphatic hydroxyl groups is 2. The summed E-state index contributed by atoms with van der Waals surface area (Å²) in [5, 5.41) is 24.0. The molecule has 0 bridgehead atoms. The van der Waals surface area contributed by atoms with Crippen molar-refractivity contribution < 1.29 is 19.8 Å². The number of aromatic nitrogens is 2. The van der Waals surface area contributed by atoms with E-state index in [0.717, 1.165) is 27.5 Å². The molecule has 0 saturated carbocycles. The molecule has 5 rings (SSSR count). The SMILES string of the molecule is C=CC(C)(C)c1[nH]c2ccccc2c1C1=C(O)C(=O)C(c2c[nH]c3c(CC=C(C)C)ccc(C)c23)=C(O)C1=O. The molecule has 2 heterocycles. The maximum Gasteiger partial charge on any atom is 0.232 e. The lowest BCUT2D eigenvalue weighted by Crippen LogP contribution is -2.25. The van der Waals surface area contributed by atoms with Gasteiger partial charge in [0.25, 0.3) is 0 Å². The van der Waals surface area contributed by atoms with E-state index in [-0.39, 0.29) is 11.1 Å². The molecule has 1 aliphatic rings. The average molecular weight is 521 g/mol. The number of rotatable bonds is 6. The quantitative estimate of drug-likeness (QED) is 0.158. The number of aromatic amines is 2. The van der Waals surface area contributed by atoms with Gasteiger partial charge >= 0.3 is 0 Å². The molecule has 6 nitrogen and oxygen atoms in total. The number of nitrogens with one attached hydrogen (secondary N) is 2. The summed E-state index contributed by atoms with van der Waals surface area (Å²) in [6.45, 7) is 13.7. The first-order valence-electron chi connectivity index (χ1n) is 12.9. The fraction of sp³-hybridized carbons (Fsp3) is 0.212. The van der Waals surface area contributed by atoms with Gasteiger partial charge in [-0.25, -0.2) is 0 Å². The number of hydrogen-bond donors (Lipinski definition) is 4. The molecule has 198 valence electrons. The van der Waals surface area contributed by atoms with Crippen molar-refractivity contribution in [1.29, 1.82) is 0 Å². The molecule has 0 fully saturated rings. The van der Waals surface area contributed by atoms with Gasteiger partial charge in [-0.3, -0.25) is 9.59 Å². The van der Waals surface area contributed by atoms with Crippen molar-refractivity contribution in [3.8, 4) is 0 Å². The number of allylic oxidation sites excluding steroid dienone is 5. The van der Waals surface area contributed by atoms with Gasteiger partial charge in [0.1, 0.15) is 0 Å². The second-order valence-electron chi connectivity index (χ2n) is 10.9. The van der Waals surface area contributed by atoms with Gasteiger partial charge in [0.15, 0.2) is 11.5 Å². The molecule has 0 saturated heterocycles. The lowest BCUT2D eigenvalue weighted by Gasteiger charge is -2.24. The molecule has 0 spiro atoms. The van der Waals surface area contributed by atoms with Gasteiger partial charge in [-0.05, 0) is 44.4 Å². The molecule has 2 aromatic heterocycles. The number of aliphatic hydroxyl groups excluding tert-OH is 2. The Balaban J connectivity index is 1.72. The van der Waals surface area contributed by atoms with Crippen LogP contribution < -0.4 is 0 Å². The van der Waals surface area contributed by atoms with Crippen molar-refractivity contribution in [2.75, 3.05) is 0 Å². The number of ketones is 2. The standard InChI is InChI=1S/C33H32N2O4/c1-7-33(5,6)32-24(20-10-8-9-11-22(20)35-32)26-30(38)28(36)25(29(37)31(26)39)21-16-34-27-19(14-12-17(2)3)15-13-18(4)23(21)27/h7-13,15-16,34-36,39H,1,14H2,2-6H3. The molecule has 0 radical (unpaired) electrons. The van der Waals surface area contributed by atoms with Crippen LogP contribution in [0.4, 0.5) is 0 Å². The van der Waals surface area contributed by atoms with Gasteiger partial charge in [0.05, 0.1) is 11.1 Å². The van der Waals surface area contributed by atoms with E-state index in [1.165, 1.54) is 5.57 Å². The van der Waals surface area contributed by atoms with Gasteiger partial charge in [-0.15, -0.1) is 6.58 Å². The maximum absolute atomic E-state index is 13.8. The van der Waals surface area contributed by atoms with Gasteiger partial charge in [0.2, 0.25) is 11.6 Å². The zero-order chi connectivity index (χ0) is 28.2. The molecule has 0 atom stereocenters. The summed E-state index contributed by atoms with van der Waals surface area (Å²) in [6.07, 6.45) is 6.16. The molecular weight excluding hydrogens is 488 g/mol. The Morgan fingerprint density at radius 1 is 1.00 bits per heavy atom. The Morgan fingerprint density at radius 3 is 2.36 bits per heavy atom. The zero-order valence-electron chi connectivity index (χ0n) is 22.8. The van der Waals surface area contributed by atoms with Gasteiger partial charge in [-0.1, -0.05) is 61.9 Å². The van der Waals surface area contributed by atoms with E-state index in [4.69, 9.17) is 0 Å². The van der Waals surface area contributed by atoms with Crippen molar-refractivity contribution in [2.45, 2.75) is 46.5 Å². The molecule has 0 unspecified atom stereocenters. The van der Waals surface area contributed by atoms with Crippen LogP contribution in [-0.2, 0) is 21.4 Å². The minimum absolute atomic E-state index is 0.209. The Kier molecular flexibility index (Phi) is 6.22. The van der Waals surface area contributed by atoms with Crippen molar-refractivity contribution in [3.05, 3.63) is 106 Å². The smallest absolute Gasteiger partial charge is 0.232 e. The summed E-state index contributed by atoms with van der Waals surface area (Å²) in [4.78, 5) is 34.2. The first kappa shape index (κ1) is 26.0. The van der Waals surface area contributed by atoms with E-state index < -0.39 is 28.5 Å². The molecule has 4 aromatic rings. The third-order valence-electron chi connectivity index (χ3n) is 7.60. The van der Waals surface area contributed by atoms with E-state index in [2.05, 4.69) is 22.6 Å². The van der Waals surface area contributed by atoms with Gasteiger partial charge in [-0.2, -0.15) is 0 Å². The summed E-state index contributed by atoms with van der Waals surface area (Å²) < 4.78 is 0. The lowest BCUT2D eigenvalue weighted by atomic mass is 9.80. The summed E-state index contributed by atoms with van der Waals surface area (Å²) in [7, 11) is 0. The summed E-state index contributed by atoms with van der Waals surface area (Å²) in [5.41, 5.74) is 4.98. The zero-order valence-corrected chi connectivity index (χ0v) is 22.8. The predicted molar refractivity (Wildman–Crippen MR) is 157 cm³/mol. The average Bonchev–Trinajstić information content (AvgIpc) is 3.51. The van der Waals surface area contributed by atoms with Crippen LogP contribution in [0.2, 0.25) is 0 Å². The number of H-pyrrole nitrogens is 2. The highest BCUT2D eigenvalue weighted by Gasteiger charge is 2.40. The first-order valence-corrected chi connectivity index (χ1v) is 12.9. The third kappa shape index (κ3) is 4.04. The van der Waals surface area contributed by atoms with Gasteiger partial charge in [0, 0.05) is 50.2 Å². The van der Waals surface area contributed by atoms with Crippen LogP contribution >= 0.6 is 0 Å². The van der Waals surface area contributed by atoms with Crippen molar-refractivity contribution in [2.24, 2.45) is 0 Å². The minimum atomic E-state index is -0.805. The molecule has 39 heavy (non-hydrogen) atoms. The van der Waals surface area contributed by atoms with Crippen LogP contribution in [0.1, 0.15) is 55.6 Å². The first-order chi connectivity index (χ1) is 18.5. The number of carbonyl (C=O) groups excluding carboxylic acids is 2. The Labute approximate surface area is 227 Å². The number of benzene rings is 2. The number of hydrogen-bond acceptors (Lipinski definition) is 4. The monoisotopic (exact) mass is 520 g/mol. The largest absolute Gasteiger partial charge is 0.504 e. The minimum Gasteiger partial charge on any atom is -0.504 e. The summed E-state index contributed by atoms with van der Waals surface area (Å²) in [6, 6.07) is 11.3. The van der Waals surface area contributed by atoms with Crippen LogP contribution in [0.15, 0.2) is 78.4 Å². The summed E-state index contributed by atoms with van der Waals surface area (Å²) >= 11 is 0. The third-order valence-corrected chi connectivity index (χ3v) is 7.60. The van der Waals surface area contributed by atoms with Crippen LogP contribution in [0.3, 0.4) is 0 Å². The molecule has 1 aliphatic carbocycles. The van der Waals surface area contributed by atoms with Crippen molar-refractivity contribution in [3.63, 3.8) is 0 Å². The predicted octanol–water partition coefficient (Wildman–Crippen LogP) is 7.32. The molecule has 6 heteroatoms. The van der Waals surface area contributed by atoms with Crippen LogP contribution in [0.5, 0.6) is 0 Å². The second kappa shape index (κ2) is 9.31. The second-order valence-corrected chi connectivity index (χ2v) is 10.9. The Hall–Kier alpha value is -4.58. The molecule has 0 aliphatic heterocycles. The highest BCUT2D eigenvalue weighted by molar-refractivity contribution is 6.48.